The first-order valence-corrected chi connectivity index (χ1v) is 4.66. The Morgan fingerprint density at radius 1 is 1.31 bits per heavy atom. The summed E-state index contributed by atoms with van der Waals surface area (Å²) in [4.78, 5) is 21.4. The van der Waals surface area contributed by atoms with Crippen molar-refractivity contribution in [2.75, 3.05) is 0 Å². The largest absolute Gasteiger partial charge is 0.465 e. The number of carbonyl (C=O) groups excluding carboxylic acids is 1. The molecule has 2 saturated carbocycles. The predicted molar refractivity (Wildman–Crippen MR) is 45.4 cm³/mol. The van der Waals surface area contributed by atoms with E-state index >= 15 is 0 Å². The van der Waals surface area contributed by atoms with Gasteiger partial charge < -0.3 is 10.4 Å². The van der Waals surface area contributed by atoms with E-state index in [1.165, 1.54) is 0 Å². The molecule has 2 rings (SSSR count). The first-order chi connectivity index (χ1) is 6.15. The zero-order chi connectivity index (χ0) is 9.42. The number of hydrogen-bond acceptors (Lipinski definition) is 2. The Morgan fingerprint density at radius 2 is 1.85 bits per heavy atom. The van der Waals surface area contributed by atoms with Crippen molar-refractivity contribution in [1.82, 2.24) is 5.32 Å². The fourth-order valence-electron chi connectivity index (χ4n) is 2.67. The smallest absolute Gasteiger partial charge is 0.404 e. The lowest BCUT2D eigenvalue weighted by Crippen LogP contribution is -2.31. The molecule has 13 heavy (non-hydrogen) atoms. The van der Waals surface area contributed by atoms with Crippen molar-refractivity contribution >= 4 is 11.9 Å². The molecule has 0 aliphatic heterocycles. The molecule has 2 fully saturated rings. The standard InChI is InChI=1S/C9H13NO3/c11-8-3-5-1-7(10-9(12)13)2-6(5)4-8/h5-7,10H,1-4H2,(H,12,13)/t5-,6+,7-. The van der Waals surface area contributed by atoms with E-state index in [0.29, 0.717) is 30.5 Å². The Balaban J connectivity index is 1.90. The second kappa shape index (κ2) is 3.01. The van der Waals surface area contributed by atoms with Crippen molar-refractivity contribution in [3.05, 3.63) is 0 Å². The van der Waals surface area contributed by atoms with Crippen LogP contribution in [0, 0.1) is 11.8 Å². The van der Waals surface area contributed by atoms with Crippen LogP contribution in [0.15, 0.2) is 0 Å². The lowest BCUT2D eigenvalue weighted by molar-refractivity contribution is -0.117. The molecule has 2 aliphatic carbocycles. The molecule has 4 nitrogen and oxygen atoms in total. The van der Waals surface area contributed by atoms with Crippen LogP contribution in [-0.4, -0.2) is 23.0 Å². The van der Waals surface area contributed by atoms with Crippen molar-refractivity contribution in [2.45, 2.75) is 31.7 Å². The number of amides is 1. The van der Waals surface area contributed by atoms with Gasteiger partial charge in [0.25, 0.3) is 0 Å². The van der Waals surface area contributed by atoms with Crippen molar-refractivity contribution in [3.63, 3.8) is 0 Å². The molecular formula is C9H13NO3. The third kappa shape index (κ3) is 1.66. The molecule has 0 bridgehead atoms. The summed E-state index contributed by atoms with van der Waals surface area (Å²) in [6.07, 6.45) is 2.09. The highest BCUT2D eigenvalue weighted by atomic mass is 16.4. The number of rotatable bonds is 1. The highest BCUT2D eigenvalue weighted by Crippen LogP contribution is 2.42. The van der Waals surface area contributed by atoms with E-state index < -0.39 is 6.09 Å². The summed E-state index contributed by atoms with van der Waals surface area (Å²) >= 11 is 0. The average molecular weight is 183 g/mol. The van der Waals surface area contributed by atoms with Crippen LogP contribution in [0.4, 0.5) is 4.79 Å². The number of ketones is 1. The van der Waals surface area contributed by atoms with Gasteiger partial charge in [0.15, 0.2) is 0 Å². The number of carboxylic acid groups (broad SMARTS) is 1. The first-order valence-electron chi connectivity index (χ1n) is 4.66. The van der Waals surface area contributed by atoms with Crippen LogP contribution in [-0.2, 0) is 4.79 Å². The van der Waals surface area contributed by atoms with Gasteiger partial charge in [0, 0.05) is 18.9 Å². The van der Waals surface area contributed by atoms with Crippen molar-refractivity contribution in [1.29, 1.82) is 0 Å². The van der Waals surface area contributed by atoms with Gasteiger partial charge in [-0.3, -0.25) is 4.79 Å². The van der Waals surface area contributed by atoms with Crippen LogP contribution in [0.1, 0.15) is 25.7 Å². The van der Waals surface area contributed by atoms with Gasteiger partial charge in [-0.2, -0.15) is 0 Å². The fourth-order valence-corrected chi connectivity index (χ4v) is 2.67. The third-order valence-corrected chi connectivity index (χ3v) is 3.15. The summed E-state index contributed by atoms with van der Waals surface area (Å²) in [7, 11) is 0. The van der Waals surface area contributed by atoms with Gasteiger partial charge in [0.1, 0.15) is 5.78 Å². The van der Waals surface area contributed by atoms with Gasteiger partial charge in [0.2, 0.25) is 0 Å². The monoisotopic (exact) mass is 183 g/mol. The highest BCUT2D eigenvalue weighted by Gasteiger charge is 2.41. The van der Waals surface area contributed by atoms with Crippen molar-refractivity contribution < 1.29 is 14.7 Å². The molecule has 0 aromatic rings. The summed E-state index contributed by atoms with van der Waals surface area (Å²) in [6, 6.07) is 0.0839. The van der Waals surface area contributed by atoms with Gasteiger partial charge >= 0.3 is 6.09 Å². The van der Waals surface area contributed by atoms with Crippen LogP contribution < -0.4 is 5.32 Å². The SMILES string of the molecule is O=C1C[C@@H]2C[C@H](NC(=O)O)C[C@@H]2C1. The molecule has 2 N–H and O–H groups in total. The molecule has 0 spiro atoms. The molecule has 2 aliphatic rings. The zero-order valence-corrected chi connectivity index (χ0v) is 7.32. The minimum atomic E-state index is -0.948. The van der Waals surface area contributed by atoms with Crippen LogP contribution in [0.2, 0.25) is 0 Å². The summed E-state index contributed by atoms with van der Waals surface area (Å²) in [6.45, 7) is 0. The van der Waals surface area contributed by atoms with Crippen LogP contribution in [0.25, 0.3) is 0 Å². The molecule has 0 heterocycles. The molecule has 0 aromatic heterocycles. The van der Waals surface area contributed by atoms with Gasteiger partial charge in [-0.1, -0.05) is 0 Å². The minimum absolute atomic E-state index is 0.0839. The number of nitrogens with one attached hydrogen (secondary N) is 1. The minimum Gasteiger partial charge on any atom is -0.465 e. The first kappa shape index (κ1) is 8.53. The molecule has 1 amide bonds. The van der Waals surface area contributed by atoms with Crippen LogP contribution >= 0.6 is 0 Å². The normalized spacial score (nSPS) is 37.5. The summed E-state index contributed by atoms with van der Waals surface area (Å²) < 4.78 is 0. The molecule has 3 atom stereocenters. The number of hydrogen-bond donors (Lipinski definition) is 2. The van der Waals surface area contributed by atoms with E-state index in [-0.39, 0.29) is 6.04 Å². The van der Waals surface area contributed by atoms with E-state index in [4.69, 9.17) is 5.11 Å². The fraction of sp³-hybridized carbons (Fsp3) is 0.778. The predicted octanol–water partition coefficient (Wildman–Crippen LogP) is 1.01. The third-order valence-electron chi connectivity index (χ3n) is 3.15. The van der Waals surface area contributed by atoms with E-state index in [1.54, 1.807) is 0 Å². The molecule has 0 saturated heterocycles. The van der Waals surface area contributed by atoms with Gasteiger partial charge in [-0.25, -0.2) is 4.79 Å². The lowest BCUT2D eigenvalue weighted by Gasteiger charge is -2.09. The van der Waals surface area contributed by atoms with E-state index in [2.05, 4.69) is 5.32 Å². The second-order valence-corrected chi connectivity index (χ2v) is 4.08. The van der Waals surface area contributed by atoms with Crippen LogP contribution in [0.5, 0.6) is 0 Å². The summed E-state index contributed by atoms with van der Waals surface area (Å²) in [5.74, 6) is 1.25. The molecule has 0 radical (unpaired) electrons. The number of fused-ring (bicyclic) bond motifs is 1. The lowest BCUT2D eigenvalue weighted by atomic mass is 10.0. The van der Waals surface area contributed by atoms with Crippen molar-refractivity contribution in [3.8, 4) is 0 Å². The highest BCUT2D eigenvalue weighted by molar-refractivity contribution is 5.81. The van der Waals surface area contributed by atoms with Gasteiger partial charge in [-0.05, 0) is 24.7 Å². The van der Waals surface area contributed by atoms with Crippen LogP contribution in [0.3, 0.4) is 0 Å². The molecule has 0 unspecified atom stereocenters. The molecule has 0 aromatic carbocycles. The molecule has 4 heteroatoms. The number of carbonyl (C=O) groups is 2. The van der Waals surface area contributed by atoms with E-state index in [1.807, 2.05) is 0 Å². The summed E-state index contributed by atoms with van der Waals surface area (Å²) in [5, 5.41) is 11.0. The number of Topliss-reactive ketones (excluding diaryl/α,β-unsaturated/α-hetero) is 1. The van der Waals surface area contributed by atoms with E-state index in [9.17, 15) is 9.59 Å². The van der Waals surface area contributed by atoms with Gasteiger partial charge in [0.05, 0.1) is 0 Å². The topological polar surface area (TPSA) is 66.4 Å². The Bertz CT molecular complexity index is 235. The van der Waals surface area contributed by atoms with E-state index in [0.717, 1.165) is 12.8 Å². The second-order valence-electron chi connectivity index (χ2n) is 4.08. The summed E-state index contributed by atoms with van der Waals surface area (Å²) in [5.41, 5.74) is 0. The molecular weight excluding hydrogens is 170 g/mol. The quantitative estimate of drug-likeness (QED) is 0.637. The Hall–Kier alpha value is -1.06. The van der Waals surface area contributed by atoms with Crippen molar-refractivity contribution in [2.24, 2.45) is 11.8 Å². The maximum atomic E-state index is 11.0. The average Bonchev–Trinajstić information content (AvgIpc) is 2.41. The molecule has 72 valence electrons. The maximum Gasteiger partial charge on any atom is 0.404 e. The zero-order valence-electron chi connectivity index (χ0n) is 7.32. The Morgan fingerprint density at radius 3 is 2.31 bits per heavy atom. The Labute approximate surface area is 76.3 Å². The Kier molecular flexibility index (Phi) is 1.98. The maximum absolute atomic E-state index is 11.0. The van der Waals surface area contributed by atoms with Gasteiger partial charge in [-0.15, -0.1) is 0 Å².